The molecule has 3 heterocycles. The van der Waals surface area contributed by atoms with E-state index in [9.17, 15) is 9.59 Å². The molecule has 8 heteroatoms. The molecule has 1 atom stereocenters. The topological polar surface area (TPSA) is 84.3 Å². The van der Waals surface area contributed by atoms with E-state index in [2.05, 4.69) is 10.2 Å². The number of carbonyl (C=O) groups is 2. The van der Waals surface area contributed by atoms with Crippen LogP contribution in [-0.4, -0.2) is 86.8 Å². The third kappa shape index (κ3) is 6.55. The molecule has 1 aromatic heterocycles. The Labute approximate surface area is 172 Å². The fraction of sp³-hybridized carbons (Fsp3) is 0.714. The molecule has 8 nitrogen and oxygen atoms in total. The van der Waals surface area contributed by atoms with Crippen LogP contribution in [0.5, 0.6) is 0 Å². The normalized spacial score (nSPS) is 20.0. The average Bonchev–Trinajstić information content (AvgIpc) is 3.34. The van der Waals surface area contributed by atoms with Gasteiger partial charge in [-0.15, -0.1) is 0 Å². The molecule has 2 fully saturated rings. The maximum absolute atomic E-state index is 13.1. The van der Waals surface area contributed by atoms with Gasteiger partial charge in [-0.3, -0.25) is 14.5 Å². The maximum atomic E-state index is 13.1. The number of hydrogen-bond acceptors (Lipinski definition) is 6. The van der Waals surface area contributed by atoms with Crippen molar-refractivity contribution in [2.75, 3.05) is 59.1 Å². The highest BCUT2D eigenvalue weighted by Gasteiger charge is 2.26. The first-order chi connectivity index (χ1) is 14.0. The molecule has 2 amide bonds. The van der Waals surface area contributed by atoms with E-state index in [1.54, 1.807) is 17.9 Å². The number of amides is 2. The van der Waals surface area contributed by atoms with Gasteiger partial charge in [0.15, 0.2) is 0 Å². The second kappa shape index (κ2) is 10.8. The van der Waals surface area contributed by atoms with Gasteiger partial charge in [-0.2, -0.15) is 0 Å². The van der Waals surface area contributed by atoms with E-state index in [4.69, 9.17) is 13.9 Å². The van der Waals surface area contributed by atoms with Crippen molar-refractivity contribution >= 4 is 11.8 Å². The Bertz CT molecular complexity index is 678. The molecule has 0 aliphatic carbocycles. The van der Waals surface area contributed by atoms with Crippen LogP contribution in [0.1, 0.15) is 41.1 Å². The van der Waals surface area contributed by atoms with Gasteiger partial charge in [0.2, 0.25) is 5.91 Å². The van der Waals surface area contributed by atoms with Gasteiger partial charge in [-0.05, 0) is 32.8 Å². The largest absolute Gasteiger partial charge is 0.466 e. The van der Waals surface area contributed by atoms with E-state index in [1.165, 1.54) is 0 Å². The Morgan fingerprint density at radius 3 is 2.69 bits per heavy atom. The van der Waals surface area contributed by atoms with Crippen molar-refractivity contribution in [1.29, 1.82) is 0 Å². The molecule has 0 unspecified atom stereocenters. The molecule has 2 aliphatic rings. The van der Waals surface area contributed by atoms with Crippen molar-refractivity contribution in [2.24, 2.45) is 0 Å². The number of carbonyl (C=O) groups excluding carboxylic acids is 2. The molecule has 0 bridgehead atoms. The van der Waals surface area contributed by atoms with Crippen LogP contribution < -0.4 is 5.32 Å². The Morgan fingerprint density at radius 2 is 2.03 bits per heavy atom. The minimum Gasteiger partial charge on any atom is -0.466 e. The van der Waals surface area contributed by atoms with Gasteiger partial charge in [-0.25, -0.2) is 0 Å². The molecular weight excluding hydrogens is 374 g/mol. The fourth-order valence-corrected chi connectivity index (χ4v) is 3.83. The van der Waals surface area contributed by atoms with E-state index in [1.807, 2.05) is 6.92 Å². The first kappa shape index (κ1) is 21.8. The molecule has 1 N–H and O–H groups in total. The quantitative estimate of drug-likeness (QED) is 0.665. The van der Waals surface area contributed by atoms with Crippen LogP contribution in [0.2, 0.25) is 0 Å². The molecule has 162 valence electrons. The summed E-state index contributed by atoms with van der Waals surface area (Å²) >= 11 is 0. The standard InChI is InChI=1S/C21H33N3O5/c1-16-14-19(17(2)29-16)21(26)24(15-18-4-3-11-28-18)7-5-20(25)22-6-8-23-9-12-27-13-10-23/h14,18H,3-13,15H2,1-2H3,(H,22,25)/t18-/m1/s1. The summed E-state index contributed by atoms with van der Waals surface area (Å²) in [7, 11) is 0. The minimum absolute atomic E-state index is 0.0384. The van der Waals surface area contributed by atoms with Crippen molar-refractivity contribution < 1.29 is 23.5 Å². The predicted octanol–water partition coefficient (Wildman–Crippen LogP) is 1.36. The second-order valence-electron chi connectivity index (χ2n) is 7.77. The number of furan rings is 1. The van der Waals surface area contributed by atoms with Crippen LogP contribution in [0.4, 0.5) is 0 Å². The third-order valence-corrected chi connectivity index (χ3v) is 5.47. The molecule has 0 radical (unpaired) electrons. The molecule has 3 rings (SSSR count). The summed E-state index contributed by atoms with van der Waals surface area (Å²) in [5, 5.41) is 2.96. The average molecular weight is 408 g/mol. The highest BCUT2D eigenvalue weighted by molar-refractivity contribution is 5.95. The summed E-state index contributed by atoms with van der Waals surface area (Å²) in [4.78, 5) is 29.4. The van der Waals surface area contributed by atoms with E-state index in [-0.39, 0.29) is 24.3 Å². The van der Waals surface area contributed by atoms with Crippen LogP contribution >= 0.6 is 0 Å². The van der Waals surface area contributed by atoms with Gasteiger partial charge in [0.05, 0.1) is 24.9 Å². The second-order valence-corrected chi connectivity index (χ2v) is 7.77. The van der Waals surface area contributed by atoms with Gasteiger partial charge >= 0.3 is 0 Å². The first-order valence-corrected chi connectivity index (χ1v) is 10.6. The van der Waals surface area contributed by atoms with E-state index < -0.39 is 0 Å². The van der Waals surface area contributed by atoms with Crippen LogP contribution in [-0.2, 0) is 14.3 Å². The molecular formula is C21H33N3O5. The maximum Gasteiger partial charge on any atom is 0.257 e. The molecule has 0 saturated carbocycles. The number of nitrogens with zero attached hydrogens (tertiary/aromatic N) is 2. The number of nitrogens with one attached hydrogen (secondary N) is 1. The lowest BCUT2D eigenvalue weighted by Crippen LogP contribution is -2.42. The lowest BCUT2D eigenvalue weighted by Gasteiger charge is -2.27. The first-order valence-electron chi connectivity index (χ1n) is 10.6. The highest BCUT2D eigenvalue weighted by atomic mass is 16.5. The highest BCUT2D eigenvalue weighted by Crippen LogP contribution is 2.19. The molecule has 2 aliphatic heterocycles. The van der Waals surface area contributed by atoms with E-state index in [0.717, 1.165) is 52.3 Å². The van der Waals surface area contributed by atoms with Crippen LogP contribution in [0.15, 0.2) is 10.5 Å². The van der Waals surface area contributed by atoms with Gasteiger partial charge < -0.3 is 24.1 Å². The predicted molar refractivity (Wildman–Crippen MR) is 108 cm³/mol. The number of aryl methyl sites for hydroxylation is 2. The van der Waals surface area contributed by atoms with Gasteiger partial charge in [0, 0.05) is 52.3 Å². The van der Waals surface area contributed by atoms with Gasteiger partial charge in [0.1, 0.15) is 11.5 Å². The lowest BCUT2D eigenvalue weighted by molar-refractivity contribution is -0.121. The van der Waals surface area contributed by atoms with E-state index in [0.29, 0.717) is 36.7 Å². The van der Waals surface area contributed by atoms with Crippen LogP contribution in [0.25, 0.3) is 0 Å². The summed E-state index contributed by atoms with van der Waals surface area (Å²) < 4.78 is 16.6. The van der Waals surface area contributed by atoms with Crippen molar-refractivity contribution in [3.63, 3.8) is 0 Å². The molecule has 0 aromatic carbocycles. The minimum atomic E-state index is -0.101. The smallest absolute Gasteiger partial charge is 0.257 e. The van der Waals surface area contributed by atoms with E-state index >= 15 is 0 Å². The summed E-state index contributed by atoms with van der Waals surface area (Å²) in [6.07, 6.45) is 2.27. The monoisotopic (exact) mass is 407 g/mol. The number of hydrogen-bond donors (Lipinski definition) is 1. The number of morpholine rings is 1. The van der Waals surface area contributed by atoms with Gasteiger partial charge in [0.25, 0.3) is 5.91 Å². The third-order valence-electron chi connectivity index (χ3n) is 5.47. The van der Waals surface area contributed by atoms with Crippen molar-refractivity contribution in [2.45, 2.75) is 39.2 Å². The molecule has 2 saturated heterocycles. The zero-order valence-corrected chi connectivity index (χ0v) is 17.6. The van der Waals surface area contributed by atoms with Crippen molar-refractivity contribution in [3.05, 3.63) is 23.2 Å². The molecule has 1 aromatic rings. The number of ether oxygens (including phenoxy) is 2. The van der Waals surface area contributed by atoms with Crippen molar-refractivity contribution in [1.82, 2.24) is 15.1 Å². The Balaban J connectivity index is 1.49. The zero-order valence-electron chi connectivity index (χ0n) is 17.6. The summed E-state index contributed by atoms with van der Waals surface area (Å²) in [5.74, 6) is 1.18. The Kier molecular flexibility index (Phi) is 8.09. The van der Waals surface area contributed by atoms with Crippen molar-refractivity contribution in [3.8, 4) is 0 Å². The van der Waals surface area contributed by atoms with Crippen LogP contribution in [0.3, 0.4) is 0 Å². The number of rotatable bonds is 9. The van der Waals surface area contributed by atoms with Gasteiger partial charge in [-0.1, -0.05) is 0 Å². The molecule has 29 heavy (non-hydrogen) atoms. The Morgan fingerprint density at radius 1 is 1.24 bits per heavy atom. The van der Waals surface area contributed by atoms with Crippen LogP contribution in [0, 0.1) is 13.8 Å². The fourth-order valence-electron chi connectivity index (χ4n) is 3.83. The lowest BCUT2D eigenvalue weighted by atomic mass is 10.1. The summed E-state index contributed by atoms with van der Waals surface area (Å²) in [6, 6.07) is 1.77. The summed E-state index contributed by atoms with van der Waals surface area (Å²) in [6.45, 7) is 9.97. The zero-order chi connectivity index (χ0) is 20.6. The SMILES string of the molecule is Cc1cc(C(=O)N(CCC(=O)NCCN2CCOCC2)C[C@H]2CCCO2)c(C)o1. The Hall–Kier alpha value is -1.90. The molecule has 0 spiro atoms. The summed E-state index contributed by atoms with van der Waals surface area (Å²) in [5.41, 5.74) is 0.563.